The summed E-state index contributed by atoms with van der Waals surface area (Å²) in [4.78, 5) is 10.8. The van der Waals surface area contributed by atoms with Gasteiger partial charge in [-0.15, -0.1) is 0 Å². The van der Waals surface area contributed by atoms with E-state index in [1.165, 1.54) is 6.92 Å². The first-order valence-corrected chi connectivity index (χ1v) is 6.78. The Morgan fingerprint density at radius 2 is 2.00 bits per heavy atom. The molecule has 0 amide bonds. The number of rotatable bonds is 8. The molecule has 0 aliphatic heterocycles. The molecule has 0 heterocycles. The molecule has 0 radical (unpaired) electrons. The summed E-state index contributed by atoms with van der Waals surface area (Å²) in [5, 5.41) is 30.8. The summed E-state index contributed by atoms with van der Waals surface area (Å²) in [5.41, 5.74) is 4.53. The van der Waals surface area contributed by atoms with Gasteiger partial charge >= 0.3 is 6.23 Å². The molecule has 0 fully saturated rings. The minimum atomic E-state index is -1.56. The predicted octanol–water partition coefficient (Wildman–Crippen LogP) is 0.765. The van der Waals surface area contributed by atoms with E-state index in [0.29, 0.717) is 5.75 Å². The molecule has 0 saturated carbocycles. The van der Waals surface area contributed by atoms with E-state index in [2.05, 4.69) is 0 Å². The third kappa shape index (κ3) is 3.69. The lowest BCUT2D eigenvalue weighted by Gasteiger charge is -2.38. The lowest BCUT2D eigenvalue weighted by Crippen LogP contribution is -2.60. The lowest BCUT2D eigenvalue weighted by atomic mass is 9.75. The fraction of sp³-hybridized carbons (Fsp3) is 0.571. The van der Waals surface area contributed by atoms with E-state index in [1.807, 2.05) is 0 Å². The van der Waals surface area contributed by atoms with E-state index in [9.17, 15) is 20.3 Å². The summed E-state index contributed by atoms with van der Waals surface area (Å²) in [6.45, 7) is 2.54. The smallest absolute Gasteiger partial charge is 0.363 e. The highest BCUT2D eigenvalue weighted by Crippen LogP contribution is 2.34. The normalized spacial score (nSPS) is 18.3. The molecule has 0 aromatic heterocycles. The SMILES string of the molecule is CCC(CO)(C(N)C(C)O)C(Oc1ccccc1)[N+](=O)[O-]. The molecule has 0 saturated heterocycles. The third-order valence-electron chi connectivity index (χ3n) is 3.81. The topological polar surface area (TPSA) is 119 Å². The van der Waals surface area contributed by atoms with Crippen molar-refractivity contribution >= 4 is 0 Å². The fourth-order valence-electron chi connectivity index (χ4n) is 2.35. The number of aliphatic hydroxyl groups is 2. The Bertz CT molecular complexity index is 448. The number of hydrogen-bond donors (Lipinski definition) is 3. The van der Waals surface area contributed by atoms with E-state index >= 15 is 0 Å². The number of nitro groups is 1. The van der Waals surface area contributed by atoms with Crippen LogP contribution in [0.5, 0.6) is 5.75 Å². The maximum Gasteiger partial charge on any atom is 0.363 e. The van der Waals surface area contributed by atoms with Crippen LogP contribution in [-0.4, -0.2) is 40.1 Å². The Morgan fingerprint density at radius 3 is 2.38 bits per heavy atom. The van der Waals surface area contributed by atoms with Crippen molar-refractivity contribution in [2.75, 3.05) is 6.61 Å². The van der Waals surface area contributed by atoms with Crippen LogP contribution >= 0.6 is 0 Å². The lowest BCUT2D eigenvalue weighted by molar-refractivity contribution is -0.587. The first-order valence-electron chi connectivity index (χ1n) is 6.78. The van der Waals surface area contributed by atoms with Gasteiger partial charge in [-0.25, -0.2) is 0 Å². The average Bonchev–Trinajstić information content (AvgIpc) is 2.48. The highest BCUT2D eigenvalue weighted by Gasteiger charge is 2.53. The first kappa shape index (κ1) is 17.4. The van der Waals surface area contributed by atoms with Crippen LogP contribution in [0.4, 0.5) is 0 Å². The molecule has 0 aliphatic carbocycles. The number of hydrogen-bond acceptors (Lipinski definition) is 6. The molecular weight excluding hydrogens is 276 g/mol. The molecule has 0 bridgehead atoms. The van der Waals surface area contributed by atoms with E-state index in [1.54, 1.807) is 37.3 Å². The van der Waals surface area contributed by atoms with Crippen molar-refractivity contribution < 1.29 is 19.9 Å². The van der Waals surface area contributed by atoms with Gasteiger partial charge in [0.25, 0.3) is 0 Å². The van der Waals surface area contributed by atoms with Gasteiger partial charge in [-0.05, 0) is 25.5 Å². The predicted molar refractivity (Wildman–Crippen MR) is 77.3 cm³/mol. The highest BCUT2D eigenvalue weighted by molar-refractivity contribution is 5.21. The van der Waals surface area contributed by atoms with E-state index < -0.39 is 35.3 Å². The van der Waals surface area contributed by atoms with Crippen molar-refractivity contribution in [2.45, 2.75) is 38.6 Å². The highest BCUT2D eigenvalue weighted by atomic mass is 16.7. The summed E-state index contributed by atoms with van der Waals surface area (Å²) >= 11 is 0. The second kappa shape index (κ2) is 7.35. The molecule has 1 aromatic carbocycles. The van der Waals surface area contributed by atoms with Crippen LogP contribution < -0.4 is 10.5 Å². The minimum Gasteiger partial charge on any atom is -0.429 e. The maximum atomic E-state index is 11.4. The first-order chi connectivity index (χ1) is 9.89. The second-order valence-corrected chi connectivity index (χ2v) is 5.08. The second-order valence-electron chi connectivity index (χ2n) is 5.08. The minimum absolute atomic E-state index is 0.189. The van der Waals surface area contributed by atoms with Crippen LogP contribution in [0.15, 0.2) is 30.3 Å². The van der Waals surface area contributed by atoms with Gasteiger partial charge in [0, 0.05) is 6.04 Å². The van der Waals surface area contributed by atoms with Gasteiger partial charge in [0.1, 0.15) is 11.2 Å². The average molecular weight is 298 g/mol. The fourth-order valence-corrected chi connectivity index (χ4v) is 2.35. The maximum absolute atomic E-state index is 11.4. The van der Waals surface area contributed by atoms with Gasteiger partial charge in [-0.1, -0.05) is 25.1 Å². The number of nitrogens with zero attached hydrogens (tertiary/aromatic N) is 1. The van der Waals surface area contributed by atoms with E-state index in [-0.39, 0.29) is 6.42 Å². The van der Waals surface area contributed by atoms with Crippen LogP contribution in [0.3, 0.4) is 0 Å². The molecular formula is C14H22N2O5. The molecule has 21 heavy (non-hydrogen) atoms. The summed E-state index contributed by atoms with van der Waals surface area (Å²) in [5.74, 6) is 0.309. The van der Waals surface area contributed by atoms with Crippen molar-refractivity contribution in [1.29, 1.82) is 0 Å². The van der Waals surface area contributed by atoms with Gasteiger partial charge in [-0.3, -0.25) is 10.1 Å². The summed E-state index contributed by atoms with van der Waals surface area (Å²) in [6, 6.07) is 7.31. The zero-order valence-electron chi connectivity index (χ0n) is 12.2. The van der Waals surface area contributed by atoms with Crippen LogP contribution in [0.25, 0.3) is 0 Å². The Labute approximate surface area is 123 Å². The molecule has 4 N–H and O–H groups in total. The number of aliphatic hydroxyl groups excluding tert-OH is 2. The van der Waals surface area contributed by atoms with Crippen molar-refractivity contribution in [3.8, 4) is 5.75 Å². The summed E-state index contributed by atoms with van der Waals surface area (Å²) in [7, 11) is 0. The van der Waals surface area contributed by atoms with E-state index in [4.69, 9.17) is 10.5 Å². The number of benzene rings is 1. The number of nitrogens with two attached hydrogens (primary N) is 1. The summed E-state index contributed by atoms with van der Waals surface area (Å²) < 4.78 is 5.44. The molecule has 7 nitrogen and oxygen atoms in total. The largest absolute Gasteiger partial charge is 0.429 e. The van der Waals surface area contributed by atoms with Crippen molar-refractivity contribution in [1.82, 2.24) is 0 Å². The quantitative estimate of drug-likeness (QED) is 0.370. The van der Waals surface area contributed by atoms with Crippen LogP contribution in [0.2, 0.25) is 0 Å². The van der Waals surface area contributed by atoms with Crippen molar-refractivity contribution in [3.05, 3.63) is 40.4 Å². The molecule has 0 aliphatic rings. The Kier molecular flexibility index (Phi) is 6.07. The van der Waals surface area contributed by atoms with E-state index in [0.717, 1.165) is 0 Å². The number of ether oxygens (including phenoxy) is 1. The Morgan fingerprint density at radius 1 is 1.43 bits per heavy atom. The van der Waals surface area contributed by atoms with Gasteiger partial charge in [0.2, 0.25) is 0 Å². The molecule has 0 spiro atoms. The molecule has 118 valence electrons. The standard InChI is InChI=1S/C14H22N2O5/c1-3-14(9-17,12(15)10(2)18)13(16(19)20)21-11-7-5-4-6-8-11/h4-8,10,12-13,17-18H,3,9,15H2,1-2H3. The zero-order chi connectivity index (χ0) is 16.0. The van der Waals surface area contributed by atoms with Crippen molar-refractivity contribution in [2.24, 2.45) is 11.1 Å². The Hall–Kier alpha value is -1.70. The van der Waals surface area contributed by atoms with Crippen LogP contribution in [-0.2, 0) is 0 Å². The summed E-state index contributed by atoms with van der Waals surface area (Å²) in [6.07, 6.45) is -2.38. The zero-order valence-corrected chi connectivity index (χ0v) is 12.2. The van der Waals surface area contributed by atoms with Gasteiger partial charge in [0.05, 0.1) is 17.6 Å². The van der Waals surface area contributed by atoms with Gasteiger partial charge in [-0.2, -0.15) is 0 Å². The van der Waals surface area contributed by atoms with Gasteiger partial charge in [0.15, 0.2) is 0 Å². The molecule has 4 unspecified atom stereocenters. The third-order valence-corrected chi connectivity index (χ3v) is 3.81. The molecule has 1 rings (SSSR count). The molecule has 7 heteroatoms. The van der Waals surface area contributed by atoms with Crippen LogP contribution in [0.1, 0.15) is 20.3 Å². The monoisotopic (exact) mass is 298 g/mol. The van der Waals surface area contributed by atoms with Crippen molar-refractivity contribution in [3.63, 3.8) is 0 Å². The number of para-hydroxylation sites is 1. The van der Waals surface area contributed by atoms with Gasteiger partial charge < -0.3 is 20.7 Å². The molecule has 1 aromatic rings. The Balaban J connectivity index is 3.18. The molecule has 4 atom stereocenters. The van der Waals surface area contributed by atoms with Crippen LogP contribution in [0, 0.1) is 15.5 Å².